The predicted octanol–water partition coefficient (Wildman–Crippen LogP) is 4.02. The van der Waals surface area contributed by atoms with Crippen molar-refractivity contribution in [2.45, 2.75) is 19.3 Å². The highest BCUT2D eigenvalue weighted by molar-refractivity contribution is 7.09. The molecule has 3 rings (SSSR count). The molecule has 0 radical (unpaired) electrons. The monoisotopic (exact) mass is 297 g/mol. The summed E-state index contributed by atoms with van der Waals surface area (Å²) >= 11 is 1.55. The summed E-state index contributed by atoms with van der Waals surface area (Å²) in [6.07, 6.45) is 0.429. The van der Waals surface area contributed by atoms with Gasteiger partial charge in [0.25, 0.3) is 0 Å². The van der Waals surface area contributed by atoms with Crippen molar-refractivity contribution in [3.8, 4) is 0 Å². The maximum atomic E-state index is 11.6. The average molecular weight is 297 g/mol. The van der Waals surface area contributed by atoms with Crippen LogP contribution in [0.5, 0.6) is 0 Å². The Morgan fingerprint density at radius 3 is 2.67 bits per heavy atom. The van der Waals surface area contributed by atoms with Gasteiger partial charge in [-0.25, -0.2) is 4.98 Å². The first kappa shape index (κ1) is 13.8. The van der Waals surface area contributed by atoms with E-state index >= 15 is 0 Å². The van der Waals surface area contributed by atoms with Gasteiger partial charge in [0.05, 0.1) is 16.6 Å². The second-order valence-electron chi connectivity index (χ2n) is 5.06. The molecule has 0 saturated heterocycles. The number of aryl methyl sites for hydroxylation is 1. The van der Waals surface area contributed by atoms with Crippen LogP contribution in [0.1, 0.15) is 22.2 Å². The minimum atomic E-state index is -0.809. The molecule has 0 aliphatic rings. The van der Waals surface area contributed by atoms with E-state index in [9.17, 15) is 9.90 Å². The van der Waals surface area contributed by atoms with Gasteiger partial charge < -0.3 is 5.11 Å². The molecule has 1 atom stereocenters. The van der Waals surface area contributed by atoms with Crippen molar-refractivity contribution in [1.82, 2.24) is 4.98 Å². The van der Waals surface area contributed by atoms with E-state index in [0.717, 1.165) is 27.0 Å². The Balaban J connectivity index is 1.96. The first-order valence-electron chi connectivity index (χ1n) is 6.76. The number of aromatic nitrogens is 1. The van der Waals surface area contributed by atoms with Crippen LogP contribution >= 0.6 is 11.3 Å². The zero-order valence-electron chi connectivity index (χ0n) is 11.6. The van der Waals surface area contributed by atoms with Gasteiger partial charge in [-0.05, 0) is 23.3 Å². The number of hydrogen-bond acceptors (Lipinski definition) is 3. The second-order valence-corrected chi connectivity index (χ2v) is 6.12. The van der Waals surface area contributed by atoms with Crippen LogP contribution in [0.25, 0.3) is 10.8 Å². The molecule has 0 saturated carbocycles. The van der Waals surface area contributed by atoms with E-state index in [0.29, 0.717) is 6.42 Å². The van der Waals surface area contributed by atoms with E-state index in [2.05, 4.69) is 4.98 Å². The quantitative estimate of drug-likeness (QED) is 0.791. The molecule has 1 heterocycles. The van der Waals surface area contributed by atoms with E-state index in [1.54, 1.807) is 11.3 Å². The topological polar surface area (TPSA) is 50.2 Å². The highest BCUT2D eigenvalue weighted by atomic mass is 32.1. The Kier molecular flexibility index (Phi) is 3.71. The van der Waals surface area contributed by atoms with Crippen molar-refractivity contribution in [2.24, 2.45) is 0 Å². The first-order valence-corrected chi connectivity index (χ1v) is 7.64. The highest BCUT2D eigenvalue weighted by Gasteiger charge is 2.21. The van der Waals surface area contributed by atoms with Crippen molar-refractivity contribution >= 4 is 28.1 Å². The number of nitrogens with zero attached hydrogens (tertiary/aromatic N) is 1. The lowest BCUT2D eigenvalue weighted by atomic mass is 9.92. The Hall–Kier alpha value is -2.20. The van der Waals surface area contributed by atoms with Crippen LogP contribution in [0.2, 0.25) is 0 Å². The molecule has 0 bridgehead atoms. The van der Waals surface area contributed by atoms with Gasteiger partial charge in [0.2, 0.25) is 0 Å². The zero-order valence-corrected chi connectivity index (χ0v) is 12.4. The van der Waals surface area contributed by atoms with Gasteiger partial charge in [0.1, 0.15) is 0 Å². The lowest BCUT2D eigenvalue weighted by molar-refractivity contribution is -0.138. The number of carbonyl (C=O) groups is 1. The highest BCUT2D eigenvalue weighted by Crippen LogP contribution is 2.25. The molecule has 0 spiro atoms. The molecule has 3 nitrogen and oxygen atoms in total. The summed E-state index contributed by atoms with van der Waals surface area (Å²) in [4.78, 5) is 16.0. The number of benzene rings is 2. The summed E-state index contributed by atoms with van der Waals surface area (Å²) in [5.41, 5.74) is 1.67. The smallest absolute Gasteiger partial charge is 0.311 e. The third-order valence-corrected chi connectivity index (χ3v) is 4.38. The molecule has 0 amide bonds. The summed E-state index contributed by atoms with van der Waals surface area (Å²) in [6.45, 7) is 1.93. The van der Waals surface area contributed by atoms with Crippen LogP contribution in [-0.2, 0) is 11.2 Å². The molecule has 2 aromatic carbocycles. The molecular formula is C17H15NO2S. The Morgan fingerprint density at radius 1 is 1.24 bits per heavy atom. The molecule has 0 aliphatic heterocycles. The fourth-order valence-corrected chi connectivity index (χ4v) is 3.11. The number of carboxylic acids is 1. The standard InChI is InChI=1S/C17H15NO2S/c1-11-18-15(10-21-11)9-16(17(19)20)14-7-6-12-4-2-3-5-13(12)8-14/h2-8,10,16H,9H2,1H3,(H,19,20)/t16-/m0/s1. The summed E-state index contributed by atoms with van der Waals surface area (Å²) in [5, 5.41) is 14.6. The summed E-state index contributed by atoms with van der Waals surface area (Å²) in [6, 6.07) is 13.8. The molecular weight excluding hydrogens is 282 g/mol. The van der Waals surface area contributed by atoms with Crippen molar-refractivity contribution < 1.29 is 9.90 Å². The van der Waals surface area contributed by atoms with Gasteiger partial charge >= 0.3 is 5.97 Å². The Bertz CT molecular complexity index is 794. The molecule has 3 aromatic rings. The molecule has 0 fully saturated rings. The van der Waals surface area contributed by atoms with Gasteiger partial charge in [-0.15, -0.1) is 11.3 Å². The number of thiazole rings is 1. The molecule has 1 aromatic heterocycles. The summed E-state index contributed by atoms with van der Waals surface area (Å²) in [7, 11) is 0. The second kappa shape index (κ2) is 5.66. The minimum Gasteiger partial charge on any atom is -0.481 e. The number of rotatable bonds is 4. The number of hydrogen-bond donors (Lipinski definition) is 1. The lowest BCUT2D eigenvalue weighted by Crippen LogP contribution is -2.14. The van der Waals surface area contributed by atoms with Gasteiger partial charge in [0.15, 0.2) is 0 Å². The molecule has 4 heteroatoms. The van der Waals surface area contributed by atoms with Crippen LogP contribution < -0.4 is 0 Å². The number of carboxylic acid groups (broad SMARTS) is 1. The Labute approximate surface area is 126 Å². The van der Waals surface area contributed by atoms with E-state index < -0.39 is 11.9 Å². The fraction of sp³-hybridized carbons (Fsp3) is 0.176. The van der Waals surface area contributed by atoms with Crippen LogP contribution in [0.3, 0.4) is 0 Å². The van der Waals surface area contributed by atoms with Gasteiger partial charge in [0, 0.05) is 11.8 Å². The van der Waals surface area contributed by atoms with Crippen molar-refractivity contribution in [3.05, 3.63) is 64.1 Å². The van der Waals surface area contributed by atoms with E-state index in [1.807, 2.05) is 54.8 Å². The van der Waals surface area contributed by atoms with Crippen LogP contribution in [0.15, 0.2) is 47.8 Å². The third kappa shape index (κ3) is 2.95. The maximum Gasteiger partial charge on any atom is 0.311 e. The third-order valence-electron chi connectivity index (χ3n) is 3.55. The van der Waals surface area contributed by atoms with Gasteiger partial charge in [-0.3, -0.25) is 4.79 Å². The fourth-order valence-electron chi connectivity index (χ4n) is 2.48. The summed E-state index contributed by atoms with van der Waals surface area (Å²) < 4.78 is 0. The number of aliphatic carboxylic acids is 1. The lowest BCUT2D eigenvalue weighted by Gasteiger charge is -2.12. The van der Waals surface area contributed by atoms with Crippen molar-refractivity contribution in [2.75, 3.05) is 0 Å². The van der Waals surface area contributed by atoms with Crippen LogP contribution in [-0.4, -0.2) is 16.1 Å². The minimum absolute atomic E-state index is 0.429. The van der Waals surface area contributed by atoms with Crippen LogP contribution in [0.4, 0.5) is 0 Å². The molecule has 0 unspecified atom stereocenters. The van der Waals surface area contributed by atoms with E-state index in [4.69, 9.17) is 0 Å². The van der Waals surface area contributed by atoms with Gasteiger partial charge in [-0.2, -0.15) is 0 Å². The van der Waals surface area contributed by atoms with Crippen molar-refractivity contribution in [1.29, 1.82) is 0 Å². The average Bonchev–Trinajstić information content (AvgIpc) is 2.89. The largest absolute Gasteiger partial charge is 0.481 e. The summed E-state index contributed by atoms with van der Waals surface area (Å²) in [5.74, 6) is -1.37. The molecule has 106 valence electrons. The van der Waals surface area contributed by atoms with Gasteiger partial charge in [-0.1, -0.05) is 42.5 Å². The Morgan fingerprint density at radius 2 is 2.00 bits per heavy atom. The molecule has 21 heavy (non-hydrogen) atoms. The van der Waals surface area contributed by atoms with Crippen LogP contribution in [0, 0.1) is 6.92 Å². The number of fused-ring (bicyclic) bond motifs is 1. The van der Waals surface area contributed by atoms with Crippen molar-refractivity contribution in [3.63, 3.8) is 0 Å². The molecule has 0 aliphatic carbocycles. The maximum absolute atomic E-state index is 11.6. The molecule has 1 N–H and O–H groups in total. The zero-order chi connectivity index (χ0) is 14.8. The SMILES string of the molecule is Cc1nc(C[C@H](C(=O)O)c2ccc3ccccc3c2)cs1. The predicted molar refractivity (Wildman–Crippen MR) is 84.9 cm³/mol. The van der Waals surface area contributed by atoms with E-state index in [-0.39, 0.29) is 0 Å². The van der Waals surface area contributed by atoms with E-state index in [1.165, 1.54) is 0 Å². The normalized spacial score (nSPS) is 12.4. The first-order chi connectivity index (χ1) is 10.1.